The molecule has 1 rings (SSSR count). The van der Waals surface area contributed by atoms with Gasteiger partial charge in [-0.15, -0.1) is 8.78 Å². The Morgan fingerprint density at radius 1 is 0.938 bits per heavy atom. The van der Waals surface area contributed by atoms with Crippen LogP contribution in [0.3, 0.4) is 0 Å². The number of rotatable bonds is 1. The zero-order valence-corrected chi connectivity index (χ0v) is 6.80. The van der Waals surface area contributed by atoms with Crippen LogP contribution in [0.2, 0.25) is 0 Å². The molecule has 0 radical (unpaired) electrons. The van der Waals surface area contributed by atoms with E-state index in [9.17, 15) is 39.6 Å². The third-order valence-corrected chi connectivity index (χ3v) is 1.51. The van der Waals surface area contributed by atoms with Crippen LogP contribution in [-0.2, 0) is 6.05 Å². The monoisotopic (exact) mass is 259 g/mol. The highest BCUT2D eigenvalue weighted by atomic mass is 19.4. The summed E-state index contributed by atoms with van der Waals surface area (Å²) in [5, 5.41) is 0. The Morgan fingerprint density at radius 3 is 1.62 bits per heavy atom. The number of halogens is 9. The molecular formula is C5F9N2+. The fourth-order valence-electron chi connectivity index (χ4n) is 0.789. The van der Waals surface area contributed by atoms with Gasteiger partial charge in [0.05, 0.1) is 0 Å². The van der Waals surface area contributed by atoms with E-state index in [1.807, 2.05) is 0 Å². The van der Waals surface area contributed by atoms with Crippen LogP contribution in [0.1, 0.15) is 0 Å². The van der Waals surface area contributed by atoms with Crippen molar-refractivity contribution in [2.75, 3.05) is 0 Å². The number of hydrogen-bond donors (Lipinski definition) is 0. The molecule has 11 heteroatoms. The van der Waals surface area contributed by atoms with Crippen molar-refractivity contribution in [2.45, 2.75) is 12.2 Å². The van der Waals surface area contributed by atoms with Crippen LogP contribution in [0.25, 0.3) is 0 Å². The fraction of sp³-hybridized carbons (Fsp3) is 0.400. The minimum absolute atomic E-state index is 1.91. The normalized spacial score (nSPS) is 13.3. The van der Waals surface area contributed by atoms with Gasteiger partial charge in [0, 0.05) is 9.27 Å². The number of aromatic nitrogens is 2. The van der Waals surface area contributed by atoms with Crippen LogP contribution >= 0.6 is 0 Å². The third-order valence-electron chi connectivity index (χ3n) is 1.51. The lowest BCUT2D eigenvalue weighted by Gasteiger charge is -2.14. The summed E-state index contributed by atoms with van der Waals surface area (Å²) in [7, 11) is 0. The maximum atomic E-state index is 12.4. The molecule has 0 atom stereocenters. The van der Waals surface area contributed by atoms with Gasteiger partial charge in [-0.1, -0.05) is 4.57 Å². The minimum Gasteiger partial charge on any atom is -0.161 e. The molecule has 0 fully saturated rings. The Hall–Kier alpha value is -1.42. The first-order valence-electron chi connectivity index (χ1n) is 3.30. The molecule has 0 bridgehead atoms. The van der Waals surface area contributed by atoms with E-state index in [1.54, 1.807) is 0 Å². The van der Waals surface area contributed by atoms with Crippen molar-refractivity contribution in [3.8, 4) is 0 Å². The molecular weight excluding hydrogens is 259 g/mol. The van der Waals surface area contributed by atoms with Gasteiger partial charge in [0.2, 0.25) is 0 Å². The van der Waals surface area contributed by atoms with Gasteiger partial charge in [0.1, 0.15) is 0 Å². The molecule has 0 aliphatic rings. The average molecular weight is 259 g/mol. The minimum atomic E-state index is -6.41. The summed E-state index contributed by atoms with van der Waals surface area (Å²) in [6.07, 6.45) is -9.47. The Labute approximate surface area is 80.4 Å². The molecule has 0 N–H and O–H groups in total. The van der Waals surface area contributed by atoms with Crippen molar-refractivity contribution < 1.29 is 44.2 Å². The average Bonchev–Trinajstić information content (AvgIpc) is 2.29. The summed E-state index contributed by atoms with van der Waals surface area (Å²) in [4.78, 5) is -1.91. The molecule has 2 nitrogen and oxygen atoms in total. The highest BCUT2D eigenvalue weighted by Crippen LogP contribution is 2.36. The van der Waals surface area contributed by atoms with Gasteiger partial charge in [-0.2, -0.15) is 26.3 Å². The van der Waals surface area contributed by atoms with Gasteiger partial charge in [-0.3, -0.25) is 0 Å². The molecule has 0 amide bonds. The van der Waals surface area contributed by atoms with Crippen LogP contribution in [0.15, 0.2) is 0 Å². The molecule has 92 valence electrons. The first kappa shape index (κ1) is 12.6. The molecule has 0 aliphatic carbocycles. The molecule has 0 saturated carbocycles. The maximum absolute atomic E-state index is 12.4. The lowest BCUT2D eigenvalue weighted by molar-refractivity contribution is -0.886. The van der Waals surface area contributed by atoms with Gasteiger partial charge in [-0.05, 0) is 0 Å². The van der Waals surface area contributed by atoms with Gasteiger partial charge in [-0.25, -0.2) is 0 Å². The number of alkyl halides is 5. The summed E-state index contributed by atoms with van der Waals surface area (Å²) in [6, 6.07) is -6.11. The second kappa shape index (κ2) is 3.28. The van der Waals surface area contributed by atoms with Crippen LogP contribution in [0.4, 0.5) is 39.6 Å². The summed E-state index contributed by atoms with van der Waals surface area (Å²) in [5.41, 5.74) is 0. The van der Waals surface area contributed by atoms with Crippen molar-refractivity contribution in [1.82, 2.24) is 4.79 Å². The maximum Gasteiger partial charge on any atom is 0.501 e. The van der Waals surface area contributed by atoms with Crippen LogP contribution in [-0.4, -0.2) is 11.0 Å². The van der Waals surface area contributed by atoms with E-state index in [2.05, 4.69) is 0 Å². The molecule has 0 saturated heterocycles. The first-order valence-corrected chi connectivity index (χ1v) is 3.30. The topological polar surface area (TPSA) is 8.81 Å². The number of hydrogen-bond acceptors (Lipinski definition) is 0. The van der Waals surface area contributed by atoms with Crippen LogP contribution < -0.4 is 4.57 Å². The van der Waals surface area contributed by atoms with Crippen molar-refractivity contribution >= 4 is 0 Å². The van der Waals surface area contributed by atoms with Gasteiger partial charge < -0.3 is 0 Å². The molecule has 16 heavy (non-hydrogen) atoms. The summed E-state index contributed by atoms with van der Waals surface area (Å²) in [5.74, 6) is -5.84. The highest BCUT2D eigenvalue weighted by Gasteiger charge is 2.68. The Morgan fingerprint density at radius 2 is 1.38 bits per heavy atom. The van der Waals surface area contributed by atoms with Crippen molar-refractivity contribution in [1.29, 1.82) is 0 Å². The van der Waals surface area contributed by atoms with E-state index >= 15 is 0 Å². The number of nitrogens with zero attached hydrogens (tertiary/aromatic N) is 2. The van der Waals surface area contributed by atoms with Crippen molar-refractivity contribution in [3.63, 3.8) is 0 Å². The molecule has 0 aromatic carbocycles. The van der Waals surface area contributed by atoms with E-state index in [0.717, 1.165) is 0 Å². The third kappa shape index (κ3) is 1.50. The van der Waals surface area contributed by atoms with Crippen LogP contribution in [0, 0.1) is 18.0 Å². The predicted octanol–water partition coefficient (Wildman–Crippen LogP) is 2.04. The molecule has 0 spiro atoms. The van der Waals surface area contributed by atoms with Gasteiger partial charge >= 0.3 is 30.2 Å². The molecule has 1 heterocycles. The van der Waals surface area contributed by atoms with E-state index in [0.29, 0.717) is 0 Å². The SMILES string of the molecule is Fc1c(F)[n+](C(F)(F)C(F)(F)F)c(F)n1F. The van der Waals surface area contributed by atoms with E-state index in [4.69, 9.17) is 0 Å². The van der Waals surface area contributed by atoms with Crippen molar-refractivity contribution in [3.05, 3.63) is 18.0 Å². The zero-order valence-electron chi connectivity index (χ0n) is 6.80. The lowest BCUT2D eigenvalue weighted by Crippen LogP contribution is -2.62. The van der Waals surface area contributed by atoms with Gasteiger partial charge in [0.15, 0.2) is 0 Å². The number of imidazole rings is 1. The Kier molecular flexibility index (Phi) is 2.60. The second-order valence-electron chi connectivity index (χ2n) is 2.51. The van der Waals surface area contributed by atoms with E-state index in [1.165, 1.54) is 0 Å². The van der Waals surface area contributed by atoms with Gasteiger partial charge in [0.25, 0.3) is 0 Å². The molecule has 0 aliphatic heterocycles. The predicted molar refractivity (Wildman–Crippen MR) is 27.3 cm³/mol. The molecule has 1 aromatic heterocycles. The fourth-order valence-corrected chi connectivity index (χ4v) is 0.789. The highest BCUT2D eigenvalue weighted by molar-refractivity contribution is 4.76. The lowest BCUT2D eigenvalue weighted by atomic mass is 10.5. The summed E-state index contributed by atoms with van der Waals surface area (Å²) >= 11 is 0. The standard InChI is InChI=1S/C5F9N2/c6-1-2(7)16(14)3(8)15(1)5(12,13)4(9,10)11/q+1. The Bertz CT molecular complexity index is 391. The molecule has 1 aromatic rings. The van der Waals surface area contributed by atoms with E-state index in [-0.39, 0.29) is 0 Å². The second-order valence-corrected chi connectivity index (χ2v) is 2.51. The first-order chi connectivity index (χ1) is 7.01. The molecule has 0 unspecified atom stereocenters. The zero-order chi connectivity index (χ0) is 12.9. The summed E-state index contributed by atoms with van der Waals surface area (Å²) in [6.45, 7) is 0. The van der Waals surface area contributed by atoms with Crippen molar-refractivity contribution in [2.24, 2.45) is 0 Å². The largest absolute Gasteiger partial charge is 0.501 e. The Balaban J connectivity index is 3.52. The van der Waals surface area contributed by atoms with E-state index < -0.39 is 39.6 Å². The quantitative estimate of drug-likeness (QED) is 0.539. The van der Waals surface area contributed by atoms with Crippen LogP contribution in [0.5, 0.6) is 0 Å². The smallest absolute Gasteiger partial charge is 0.161 e. The summed E-state index contributed by atoms with van der Waals surface area (Å²) < 4.78 is 107.